The van der Waals surface area contributed by atoms with Gasteiger partial charge in [0.25, 0.3) is 0 Å². The number of fused-ring (bicyclic) bond motifs is 1. The van der Waals surface area contributed by atoms with E-state index in [1.807, 2.05) is 6.92 Å². The molecule has 84 valence electrons. The van der Waals surface area contributed by atoms with Crippen LogP contribution in [0.2, 0.25) is 0 Å². The van der Waals surface area contributed by atoms with E-state index in [-0.39, 0.29) is 17.9 Å². The molecule has 5 heteroatoms. The molecule has 0 amide bonds. The summed E-state index contributed by atoms with van der Waals surface area (Å²) in [6, 6.07) is 3.20. The Morgan fingerprint density at radius 1 is 1.62 bits per heavy atom. The molecule has 0 fully saturated rings. The Bertz CT molecular complexity index is 545. The molecular weight excluding hydrogens is 208 g/mol. The molecule has 0 saturated heterocycles. The van der Waals surface area contributed by atoms with Crippen LogP contribution in [-0.2, 0) is 4.74 Å². The van der Waals surface area contributed by atoms with Gasteiger partial charge in [0.15, 0.2) is 5.75 Å². The minimum atomic E-state index is -0.527. The highest BCUT2D eigenvalue weighted by molar-refractivity contribution is 5.95. The predicted octanol–water partition coefficient (Wildman–Crippen LogP) is 1.53. The molecule has 0 unspecified atom stereocenters. The first kappa shape index (κ1) is 10.5. The lowest BCUT2D eigenvalue weighted by atomic mass is 10.2. The summed E-state index contributed by atoms with van der Waals surface area (Å²) in [7, 11) is 0. The van der Waals surface area contributed by atoms with Gasteiger partial charge in [0.2, 0.25) is 0 Å². The average Bonchev–Trinajstić information content (AvgIpc) is 2.60. The van der Waals surface area contributed by atoms with Crippen LogP contribution in [0.4, 0.5) is 0 Å². The fourth-order valence-corrected chi connectivity index (χ4v) is 1.54. The van der Waals surface area contributed by atoms with Crippen LogP contribution in [0.5, 0.6) is 5.75 Å². The van der Waals surface area contributed by atoms with Gasteiger partial charge in [0.1, 0.15) is 11.1 Å². The first-order valence-corrected chi connectivity index (χ1v) is 4.98. The van der Waals surface area contributed by atoms with Crippen molar-refractivity contribution in [3.63, 3.8) is 0 Å². The zero-order valence-electron chi connectivity index (χ0n) is 9.10. The number of esters is 1. The second-order valence-corrected chi connectivity index (χ2v) is 3.41. The molecule has 0 spiro atoms. The minimum Gasteiger partial charge on any atom is -0.505 e. The maximum atomic E-state index is 11.5. The van der Waals surface area contributed by atoms with E-state index in [9.17, 15) is 9.90 Å². The van der Waals surface area contributed by atoms with Crippen LogP contribution in [0.25, 0.3) is 5.52 Å². The number of hydrogen-bond acceptors (Lipinski definition) is 4. The third-order valence-corrected chi connectivity index (χ3v) is 2.23. The second kappa shape index (κ2) is 3.84. The Hall–Kier alpha value is -2.04. The van der Waals surface area contributed by atoms with E-state index < -0.39 is 5.97 Å². The molecule has 5 nitrogen and oxygen atoms in total. The molecule has 2 aromatic heterocycles. The molecule has 0 aromatic carbocycles. The van der Waals surface area contributed by atoms with E-state index in [1.165, 1.54) is 10.6 Å². The van der Waals surface area contributed by atoms with Gasteiger partial charge in [-0.05, 0) is 26.0 Å². The smallest absolute Gasteiger partial charge is 0.342 e. The van der Waals surface area contributed by atoms with Crippen LogP contribution in [0, 0.1) is 6.92 Å². The molecule has 2 aromatic rings. The average molecular weight is 220 g/mol. The molecule has 0 radical (unpaired) electrons. The summed E-state index contributed by atoms with van der Waals surface area (Å²) in [5.74, 6) is -0.622. The van der Waals surface area contributed by atoms with Crippen molar-refractivity contribution in [3.05, 3.63) is 29.6 Å². The SMILES string of the molecule is CCOC(=O)c1ccn2nc(C)cc2c1O. The molecule has 0 aliphatic carbocycles. The number of aromatic hydroxyl groups is 1. The molecule has 1 N–H and O–H groups in total. The lowest BCUT2D eigenvalue weighted by Gasteiger charge is -2.05. The van der Waals surface area contributed by atoms with Crippen molar-refractivity contribution in [2.45, 2.75) is 13.8 Å². The van der Waals surface area contributed by atoms with E-state index in [4.69, 9.17) is 4.74 Å². The van der Waals surface area contributed by atoms with Crippen LogP contribution < -0.4 is 0 Å². The Labute approximate surface area is 92.3 Å². The van der Waals surface area contributed by atoms with Crippen molar-refractivity contribution >= 4 is 11.5 Å². The van der Waals surface area contributed by atoms with Gasteiger partial charge in [-0.25, -0.2) is 9.31 Å². The number of hydrogen-bond donors (Lipinski definition) is 1. The molecule has 2 rings (SSSR count). The number of ether oxygens (including phenoxy) is 1. The van der Waals surface area contributed by atoms with Crippen LogP contribution in [-0.4, -0.2) is 27.3 Å². The van der Waals surface area contributed by atoms with E-state index in [0.29, 0.717) is 5.52 Å². The highest BCUT2D eigenvalue weighted by atomic mass is 16.5. The van der Waals surface area contributed by atoms with Crippen molar-refractivity contribution in [2.75, 3.05) is 6.61 Å². The van der Waals surface area contributed by atoms with E-state index >= 15 is 0 Å². The largest absolute Gasteiger partial charge is 0.505 e. The molecule has 0 saturated carbocycles. The van der Waals surface area contributed by atoms with Crippen LogP contribution in [0.15, 0.2) is 18.3 Å². The van der Waals surface area contributed by atoms with E-state index in [2.05, 4.69) is 5.10 Å². The summed E-state index contributed by atoms with van der Waals surface area (Å²) in [6.45, 7) is 3.81. The van der Waals surface area contributed by atoms with Crippen molar-refractivity contribution in [3.8, 4) is 5.75 Å². The van der Waals surface area contributed by atoms with Crippen LogP contribution in [0.3, 0.4) is 0 Å². The zero-order valence-corrected chi connectivity index (χ0v) is 9.10. The minimum absolute atomic E-state index is 0.0958. The summed E-state index contributed by atoms with van der Waals surface area (Å²) in [5, 5.41) is 14.0. The standard InChI is InChI=1S/C11H12N2O3/c1-3-16-11(15)8-4-5-13-9(10(8)14)6-7(2)12-13/h4-6,14H,3H2,1-2H3. The summed E-state index contributed by atoms with van der Waals surface area (Å²) in [5.41, 5.74) is 1.44. The van der Waals surface area contributed by atoms with E-state index in [0.717, 1.165) is 5.69 Å². The van der Waals surface area contributed by atoms with Gasteiger partial charge < -0.3 is 9.84 Å². The summed E-state index contributed by atoms with van der Waals surface area (Å²) < 4.78 is 6.36. The quantitative estimate of drug-likeness (QED) is 0.779. The highest BCUT2D eigenvalue weighted by Crippen LogP contribution is 2.24. The van der Waals surface area contributed by atoms with Gasteiger partial charge in [-0.2, -0.15) is 5.10 Å². The Morgan fingerprint density at radius 2 is 2.38 bits per heavy atom. The molecule has 0 bridgehead atoms. The summed E-state index contributed by atoms with van der Waals surface area (Å²) >= 11 is 0. The van der Waals surface area contributed by atoms with Crippen LogP contribution >= 0.6 is 0 Å². The van der Waals surface area contributed by atoms with Gasteiger partial charge in [-0.1, -0.05) is 0 Å². The van der Waals surface area contributed by atoms with Crippen molar-refractivity contribution in [1.82, 2.24) is 9.61 Å². The van der Waals surface area contributed by atoms with Crippen molar-refractivity contribution in [2.24, 2.45) is 0 Å². The summed E-state index contributed by atoms with van der Waals surface area (Å²) in [4.78, 5) is 11.5. The number of aryl methyl sites for hydroxylation is 1. The number of carbonyl (C=O) groups is 1. The fourth-order valence-electron chi connectivity index (χ4n) is 1.54. The Morgan fingerprint density at radius 3 is 3.06 bits per heavy atom. The van der Waals surface area contributed by atoms with E-state index in [1.54, 1.807) is 19.2 Å². The first-order valence-electron chi connectivity index (χ1n) is 4.98. The lowest BCUT2D eigenvalue weighted by Crippen LogP contribution is -2.05. The van der Waals surface area contributed by atoms with Crippen molar-refractivity contribution < 1.29 is 14.6 Å². The fraction of sp³-hybridized carbons (Fsp3) is 0.273. The number of carbonyl (C=O) groups excluding carboxylic acids is 1. The number of pyridine rings is 1. The molecule has 0 aliphatic heterocycles. The summed E-state index contributed by atoms with van der Waals surface area (Å²) in [6.07, 6.45) is 1.62. The molecule has 2 heterocycles. The van der Waals surface area contributed by atoms with Gasteiger partial charge in [0, 0.05) is 6.20 Å². The first-order chi connectivity index (χ1) is 7.63. The molecule has 0 atom stereocenters. The number of rotatable bonds is 2. The second-order valence-electron chi connectivity index (χ2n) is 3.41. The van der Waals surface area contributed by atoms with Crippen molar-refractivity contribution in [1.29, 1.82) is 0 Å². The topological polar surface area (TPSA) is 63.8 Å². The maximum Gasteiger partial charge on any atom is 0.342 e. The van der Waals surface area contributed by atoms with Gasteiger partial charge in [-0.15, -0.1) is 0 Å². The van der Waals surface area contributed by atoms with Gasteiger partial charge >= 0.3 is 5.97 Å². The van der Waals surface area contributed by atoms with Gasteiger partial charge in [-0.3, -0.25) is 0 Å². The number of nitrogens with zero attached hydrogens (tertiary/aromatic N) is 2. The predicted molar refractivity (Wildman–Crippen MR) is 57.6 cm³/mol. The van der Waals surface area contributed by atoms with Crippen LogP contribution in [0.1, 0.15) is 23.0 Å². The normalized spacial score (nSPS) is 10.6. The monoisotopic (exact) mass is 220 g/mol. The molecular formula is C11H12N2O3. The Balaban J connectivity index is 2.55. The lowest BCUT2D eigenvalue weighted by molar-refractivity contribution is 0.0523. The molecule has 0 aliphatic rings. The number of aromatic nitrogens is 2. The zero-order chi connectivity index (χ0) is 11.7. The molecule has 16 heavy (non-hydrogen) atoms. The maximum absolute atomic E-state index is 11.5. The third kappa shape index (κ3) is 1.60. The highest BCUT2D eigenvalue weighted by Gasteiger charge is 2.15. The Kier molecular flexibility index (Phi) is 2.52. The third-order valence-electron chi connectivity index (χ3n) is 2.23. The van der Waals surface area contributed by atoms with Gasteiger partial charge in [0.05, 0.1) is 12.3 Å².